The van der Waals surface area contributed by atoms with Gasteiger partial charge in [0.05, 0.1) is 5.88 Å². The van der Waals surface area contributed by atoms with E-state index in [1.54, 1.807) is 10.4 Å². The Morgan fingerprint density at radius 3 is 2.68 bits per heavy atom. The standard InChI is InChI=1S/C13H20ClNO2S2/c1-10-7-12(18-11(10)8-14)19(16,17)15-6-4-5-13(2,3)9-15/h7H,4-6,8-9H2,1-3H3. The van der Waals surface area contributed by atoms with E-state index < -0.39 is 10.0 Å². The van der Waals surface area contributed by atoms with E-state index in [0.29, 0.717) is 23.2 Å². The number of thiophene rings is 1. The fourth-order valence-electron chi connectivity index (χ4n) is 2.45. The van der Waals surface area contributed by atoms with Crippen molar-refractivity contribution in [3.05, 3.63) is 16.5 Å². The molecule has 1 fully saturated rings. The Kier molecular flexibility index (Phi) is 4.31. The van der Waals surface area contributed by atoms with Gasteiger partial charge in [0.25, 0.3) is 10.0 Å². The highest BCUT2D eigenvalue weighted by Gasteiger charge is 2.35. The third kappa shape index (κ3) is 3.15. The van der Waals surface area contributed by atoms with Gasteiger partial charge in [-0.05, 0) is 36.8 Å². The highest BCUT2D eigenvalue weighted by atomic mass is 35.5. The van der Waals surface area contributed by atoms with Gasteiger partial charge in [-0.2, -0.15) is 4.31 Å². The van der Waals surface area contributed by atoms with Crippen molar-refractivity contribution >= 4 is 33.0 Å². The molecule has 1 aliphatic rings. The molecule has 1 saturated heterocycles. The van der Waals surface area contributed by atoms with Crippen molar-refractivity contribution in [2.45, 2.75) is 43.7 Å². The van der Waals surface area contributed by atoms with E-state index in [4.69, 9.17) is 11.6 Å². The molecular weight excluding hydrogens is 302 g/mol. The maximum absolute atomic E-state index is 12.6. The van der Waals surface area contributed by atoms with Crippen LogP contribution in [0.5, 0.6) is 0 Å². The number of halogens is 1. The number of rotatable bonds is 3. The van der Waals surface area contributed by atoms with E-state index in [9.17, 15) is 8.42 Å². The van der Waals surface area contributed by atoms with E-state index in [0.717, 1.165) is 23.3 Å². The highest BCUT2D eigenvalue weighted by molar-refractivity contribution is 7.91. The van der Waals surface area contributed by atoms with Gasteiger partial charge in [0, 0.05) is 18.0 Å². The Balaban J connectivity index is 2.31. The first-order valence-corrected chi connectivity index (χ1v) is 9.21. The number of aryl methyl sites for hydroxylation is 1. The SMILES string of the molecule is Cc1cc(S(=O)(=O)N2CCCC(C)(C)C2)sc1CCl. The van der Waals surface area contributed by atoms with Gasteiger partial charge < -0.3 is 0 Å². The van der Waals surface area contributed by atoms with E-state index in [1.807, 2.05) is 6.92 Å². The third-order valence-electron chi connectivity index (χ3n) is 3.58. The molecule has 0 spiro atoms. The molecule has 6 heteroatoms. The van der Waals surface area contributed by atoms with Crippen molar-refractivity contribution in [2.24, 2.45) is 5.41 Å². The first kappa shape index (κ1) is 15.3. The average Bonchev–Trinajstić information content (AvgIpc) is 2.70. The van der Waals surface area contributed by atoms with Gasteiger partial charge >= 0.3 is 0 Å². The van der Waals surface area contributed by atoms with E-state index in [2.05, 4.69) is 13.8 Å². The average molecular weight is 322 g/mol. The molecule has 0 atom stereocenters. The summed E-state index contributed by atoms with van der Waals surface area (Å²) in [7, 11) is -3.35. The molecule has 108 valence electrons. The molecule has 1 aliphatic heterocycles. The minimum atomic E-state index is -3.35. The Labute approximate surface area is 124 Å². The van der Waals surface area contributed by atoms with Crippen molar-refractivity contribution in [2.75, 3.05) is 13.1 Å². The van der Waals surface area contributed by atoms with Gasteiger partial charge in [0.15, 0.2) is 0 Å². The van der Waals surface area contributed by atoms with Crippen molar-refractivity contribution in [3.8, 4) is 0 Å². The summed E-state index contributed by atoms with van der Waals surface area (Å²) in [6.45, 7) is 7.38. The molecule has 0 bridgehead atoms. The fraction of sp³-hybridized carbons (Fsp3) is 0.692. The van der Waals surface area contributed by atoms with E-state index in [1.165, 1.54) is 11.3 Å². The van der Waals surface area contributed by atoms with Gasteiger partial charge in [-0.15, -0.1) is 22.9 Å². The zero-order valence-corrected chi connectivity index (χ0v) is 14.0. The molecule has 3 nitrogen and oxygen atoms in total. The van der Waals surface area contributed by atoms with Gasteiger partial charge in [-0.25, -0.2) is 8.42 Å². The summed E-state index contributed by atoms with van der Waals surface area (Å²) >= 11 is 7.13. The molecule has 1 aromatic rings. The number of hydrogen-bond acceptors (Lipinski definition) is 3. The van der Waals surface area contributed by atoms with Crippen LogP contribution < -0.4 is 0 Å². The van der Waals surface area contributed by atoms with Crippen LogP contribution in [0.15, 0.2) is 10.3 Å². The second kappa shape index (κ2) is 5.35. The quantitative estimate of drug-likeness (QED) is 0.798. The molecule has 19 heavy (non-hydrogen) atoms. The number of nitrogens with zero attached hydrogens (tertiary/aromatic N) is 1. The largest absolute Gasteiger partial charge is 0.252 e. The smallest absolute Gasteiger partial charge is 0.206 e. The summed E-state index contributed by atoms with van der Waals surface area (Å²) in [5.74, 6) is 0.373. The lowest BCUT2D eigenvalue weighted by Gasteiger charge is -2.36. The molecular formula is C13H20ClNO2S2. The van der Waals surface area contributed by atoms with Crippen LogP contribution in [0.4, 0.5) is 0 Å². The predicted octanol–water partition coefficient (Wildman–Crippen LogP) is 3.61. The number of hydrogen-bond donors (Lipinski definition) is 0. The predicted molar refractivity (Wildman–Crippen MR) is 80.4 cm³/mol. The minimum absolute atomic E-state index is 0.0624. The van der Waals surface area contributed by atoms with Crippen LogP contribution >= 0.6 is 22.9 Å². The molecule has 0 aromatic carbocycles. The summed E-state index contributed by atoms with van der Waals surface area (Å²) in [6.07, 6.45) is 2.01. The second-order valence-corrected chi connectivity index (χ2v) is 9.48. The Morgan fingerprint density at radius 1 is 1.47 bits per heavy atom. The van der Waals surface area contributed by atoms with Crippen LogP contribution in [-0.4, -0.2) is 25.8 Å². The van der Waals surface area contributed by atoms with E-state index in [-0.39, 0.29) is 5.41 Å². The number of piperidine rings is 1. The Hall–Kier alpha value is -0.100. The molecule has 0 radical (unpaired) electrons. The maximum Gasteiger partial charge on any atom is 0.252 e. The fourth-order valence-corrected chi connectivity index (χ4v) is 6.09. The summed E-state index contributed by atoms with van der Waals surface area (Å²) in [5.41, 5.74) is 1.03. The minimum Gasteiger partial charge on any atom is -0.206 e. The maximum atomic E-state index is 12.6. The number of sulfonamides is 1. The van der Waals surface area contributed by atoms with Crippen molar-refractivity contribution < 1.29 is 8.42 Å². The van der Waals surface area contributed by atoms with Gasteiger partial charge in [-0.3, -0.25) is 0 Å². The van der Waals surface area contributed by atoms with Crippen LogP contribution in [-0.2, 0) is 15.9 Å². The molecule has 1 aromatic heterocycles. The molecule has 0 amide bonds. The van der Waals surface area contributed by atoms with E-state index >= 15 is 0 Å². The van der Waals surface area contributed by atoms with Crippen LogP contribution in [0.2, 0.25) is 0 Å². The van der Waals surface area contributed by atoms with Gasteiger partial charge in [0.1, 0.15) is 4.21 Å². The van der Waals surface area contributed by atoms with Crippen molar-refractivity contribution in [1.29, 1.82) is 0 Å². The molecule has 2 rings (SSSR count). The molecule has 2 heterocycles. The summed E-state index contributed by atoms with van der Waals surface area (Å²) < 4.78 is 27.4. The van der Waals surface area contributed by atoms with Gasteiger partial charge in [0.2, 0.25) is 0 Å². The topological polar surface area (TPSA) is 37.4 Å². The zero-order valence-electron chi connectivity index (χ0n) is 11.6. The molecule has 0 N–H and O–H groups in total. The lowest BCUT2D eigenvalue weighted by molar-refractivity contribution is 0.187. The second-order valence-electron chi connectivity index (χ2n) is 5.91. The molecule has 0 unspecified atom stereocenters. The number of alkyl halides is 1. The third-order valence-corrected chi connectivity index (χ3v) is 7.54. The summed E-state index contributed by atoms with van der Waals surface area (Å²) in [4.78, 5) is 0.941. The van der Waals surface area contributed by atoms with Crippen molar-refractivity contribution in [1.82, 2.24) is 4.31 Å². The molecule has 0 saturated carbocycles. The van der Waals surface area contributed by atoms with Crippen LogP contribution in [0.25, 0.3) is 0 Å². The van der Waals surface area contributed by atoms with Crippen molar-refractivity contribution in [3.63, 3.8) is 0 Å². The lowest BCUT2D eigenvalue weighted by Crippen LogP contribution is -2.43. The van der Waals surface area contributed by atoms with Gasteiger partial charge in [-0.1, -0.05) is 13.8 Å². The highest BCUT2D eigenvalue weighted by Crippen LogP contribution is 2.35. The Bertz CT molecular complexity index is 563. The lowest BCUT2D eigenvalue weighted by atomic mass is 9.85. The zero-order chi connectivity index (χ0) is 14.3. The van der Waals surface area contributed by atoms with Crippen LogP contribution in [0, 0.1) is 12.3 Å². The summed E-state index contributed by atoms with van der Waals surface area (Å²) in [6, 6.07) is 1.75. The first-order valence-electron chi connectivity index (χ1n) is 6.42. The summed E-state index contributed by atoms with van der Waals surface area (Å²) in [5, 5.41) is 0. The normalized spacial score (nSPS) is 20.6. The monoisotopic (exact) mass is 321 g/mol. The first-order chi connectivity index (χ1) is 8.76. The Morgan fingerprint density at radius 2 is 2.16 bits per heavy atom. The van der Waals surface area contributed by atoms with Crippen LogP contribution in [0.3, 0.4) is 0 Å². The van der Waals surface area contributed by atoms with Crippen LogP contribution in [0.1, 0.15) is 37.1 Å². The molecule has 0 aliphatic carbocycles.